The second-order valence-electron chi connectivity index (χ2n) is 3.77. The largest absolute Gasteiger partial charge is 0.490 e. The summed E-state index contributed by atoms with van der Waals surface area (Å²) in [6.07, 6.45) is 0. The zero-order valence-electron chi connectivity index (χ0n) is 10.3. The number of hydrogen-bond donors (Lipinski definition) is 0. The topological polar surface area (TPSA) is 61.6 Å². The van der Waals surface area contributed by atoms with Gasteiger partial charge in [-0.1, -0.05) is 15.9 Å². The Kier molecular flexibility index (Phi) is 4.19. The van der Waals surface area contributed by atoms with Crippen LogP contribution < -0.4 is 9.47 Å². The molecule has 0 aliphatic rings. The molecular formula is C13H9BrFNO4. The first-order chi connectivity index (χ1) is 9.51. The highest BCUT2D eigenvalue weighted by atomic mass is 79.9. The SMILES string of the molecule is COc1cc(Oc2ccc(Br)cc2)c(F)cc1[N+](=O)[O-]. The number of nitrogens with zero attached hydrogens (tertiary/aromatic N) is 1. The van der Waals surface area contributed by atoms with Crippen LogP contribution in [0, 0.1) is 15.9 Å². The standard InChI is InChI=1S/C13H9BrFNO4/c1-19-13-7-12(10(15)6-11(13)16(17)18)20-9-4-2-8(14)3-5-9/h2-7H,1H3. The summed E-state index contributed by atoms with van der Waals surface area (Å²) in [6.45, 7) is 0. The normalized spacial score (nSPS) is 10.2. The van der Waals surface area contributed by atoms with Crippen molar-refractivity contribution in [3.05, 3.63) is 56.8 Å². The van der Waals surface area contributed by atoms with Crippen LogP contribution in [0.15, 0.2) is 40.9 Å². The molecule has 0 saturated heterocycles. The van der Waals surface area contributed by atoms with Gasteiger partial charge in [0.25, 0.3) is 0 Å². The Hall–Kier alpha value is -2.15. The summed E-state index contributed by atoms with van der Waals surface area (Å²) in [5.74, 6) is -0.637. The maximum atomic E-state index is 13.8. The van der Waals surface area contributed by atoms with Gasteiger partial charge in [-0.25, -0.2) is 4.39 Å². The van der Waals surface area contributed by atoms with Crippen LogP contribution in [0.1, 0.15) is 0 Å². The molecule has 0 saturated carbocycles. The average Bonchev–Trinajstić information content (AvgIpc) is 2.42. The van der Waals surface area contributed by atoms with Crippen molar-refractivity contribution in [2.24, 2.45) is 0 Å². The van der Waals surface area contributed by atoms with Gasteiger partial charge in [0.05, 0.1) is 18.1 Å². The van der Waals surface area contributed by atoms with E-state index in [0.717, 1.165) is 16.6 Å². The van der Waals surface area contributed by atoms with E-state index in [0.29, 0.717) is 5.75 Å². The third kappa shape index (κ3) is 3.05. The van der Waals surface area contributed by atoms with E-state index >= 15 is 0 Å². The van der Waals surface area contributed by atoms with Crippen molar-refractivity contribution in [3.8, 4) is 17.2 Å². The van der Waals surface area contributed by atoms with Crippen LogP contribution >= 0.6 is 15.9 Å². The van der Waals surface area contributed by atoms with Gasteiger partial charge in [0, 0.05) is 10.5 Å². The first kappa shape index (κ1) is 14.3. The highest BCUT2D eigenvalue weighted by Gasteiger charge is 2.20. The molecule has 0 N–H and O–H groups in total. The Morgan fingerprint density at radius 3 is 2.40 bits per heavy atom. The highest BCUT2D eigenvalue weighted by molar-refractivity contribution is 9.10. The van der Waals surface area contributed by atoms with E-state index in [1.165, 1.54) is 7.11 Å². The summed E-state index contributed by atoms with van der Waals surface area (Å²) in [5, 5.41) is 10.8. The summed E-state index contributed by atoms with van der Waals surface area (Å²) in [7, 11) is 1.27. The first-order valence-corrected chi connectivity index (χ1v) is 6.26. The second kappa shape index (κ2) is 5.87. The fourth-order valence-electron chi connectivity index (χ4n) is 1.54. The maximum absolute atomic E-state index is 13.8. The minimum Gasteiger partial charge on any atom is -0.490 e. The third-order valence-electron chi connectivity index (χ3n) is 2.47. The van der Waals surface area contributed by atoms with Crippen LogP contribution in [0.2, 0.25) is 0 Å². The summed E-state index contributed by atoms with van der Waals surface area (Å²) >= 11 is 3.27. The molecule has 0 amide bonds. The van der Waals surface area contributed by atoms with E-state index < -0.39 is 16.4 Å². The summed E-state index contributed by atoms with van der Waals surface area (Å²) in [4.78, 5) is 10.0. The molecule has 0 bridgehead atoms. The lowest BCUT2D eigenvalue weighted by Crippen LogP contribution is -1.97. The van der Waals surface area contributed by atoms with Crippen LogP contribution in [0.3, 0.4) is 0 Å². The molecule has 5 nitrogen and oxygen atoms in total. The van der Waals surface area contributed by atoms with Gasteiger partial charge in [0.15, 0.2) is 11.6 Å². The second-order valence-corrected chi connectivity index (χ2v) is 4.68. The zero-order valence-corrected chi connectivity index (χ0v) is 11.9. The quantitative estimate of drug-likeness (QED) is 0.614. The lowest BCUT2D eigenvalue weighted by atomic mass is 10.2. The maximum Gasteiger partial charge on any atom is 0.314 e. The van der Waals surface area contributed by atoms with Crippen molar-refractivity contribution in [1.82, 2.24) is 0 Å². The molecule has 2 rings (SSSR count). The Balaban J connectivity index is 2.37. The summed E-state index contributed by atoms with van der Waals surface area (Å²) in [6, 6.07) is 8.66. The van der Waals surface area contributed by atoms with Crippen molar-refractivity contribution in [2.75, 3.05) is 7.11 Å². The van der Waals surface area contributed by atoms with Crippen molar-refractivity contribution >= 4 is 21.6 Å². The van der Waals surface area contributed by atoms with Crippen LogP contribution in [0.25, 0.3) is 0 Å². The predicted molar refractivity (Wildman–Crippen MR) is 73.8 cm³/mol. The molecule has 0 radical (unpaired) electrons. The molecule has 0 fully saturated rings. The van der Waals surface area contributed by atoms with Gasteiger partial charge in [-0.15, -0.1) is 0 Å². The molecule has 0 unspecified atom stereocenters. The number of rotatable bonds is 4. The van der Waals surface area contributed by atoms with Crippen LogP contribution in [-0.2, 0) is 0 Å². The monoisotopic (exact) mass is 341 g/mol. The van der Waals surface area contributed by atoms with Gasteiger partial charge in [0.2, 0.25) is 5.75 Å². The smallest absolute Gasteiger partial charge is 0.314 e. The van der Waals surface area contributed by atoms with Gasteiger partial charge in [-0.2, -0.15) is 0 Å². The van der Waals surface area contributed by atoms with Crippen LogP contribution in [0.5, 0.6) is 17.2 Å². The number of hydrogen-bond acceptors (Lipinski definition) is 4. The summed E-state index contributed by atoms with van der Waals surface area (Å²) in [5.41, 5.74) is -0.451. The molecule has 0 spiro atoms. The van der Waals surface area contributed by atoms with Gasteiger partial charge in [-0.3, -0.25) is 10.1 Å². The lowest BCUT2D eigenvalue weighted by molar-refractivity contribution is -0.386. The Morgan fingerprint density at radius 2 is 1.85 bits per heavy atom. The molecule has 104 valence electrons. The number of benzene rings is 2. The van der Waals surface area contributed by atoms with E-state index in [-0.39, 0.29) is 11.5 Å². The average molecular weight is 342 g/mol. The molecule has 2 aromatic carbocycles. The van der Waals surface area contributed by atoms with Crippen molar-refractivity contribution in [1.29, 1.82) is 0 Å². The van der Waals surface area contributed by atoms with Crippen molar-refractivity contribution in [2.45, 2.75) is 0 Å². The fraction of sp³-hybridized carbons (Fsp3) is 0.0769. The molecule has 0 atom stereocenters. The minimum absolute atomic E-state index is 0.0662. The van der Waals surface area contributed by atoms with Crippen LogP contribution in [-0.4, -0.2) is 12.0 Å². The molecule has 0 aromatic heterocycles. The Morgan fingerprint density at radius 1 is 1.20 bits per heavy atom. The number of nitro benzene ring substituents is 1. The first-order valence-electron chi connectivity index (χ1n) is 5.46. The molecule has 0 heterocycles. The number of methoxy groups -OCH3 is 1. The van der Waals surface area contributed by atoms with E-state index in [1.54, 1.807) is 24.3 Å². The van der Waals surface area contributed by atoms with Gasteiger partial charge in [0.1, 0.15) is 5.75 Å². The summed E-state index contributed by atoms with van der Waals surface area (Å²) < 4.78 is 24.9. The Bertz CT molecular complexity index is 646. The minimum atomic E-state index is -0.833. The number of halogens is 2. The fourth-order valence-corrected chi connectivity index (χ4v) is 1.80. The lowest BCUT2D eigenvalue weighted by Gasteiger charge is -2.09. The number of ether oxygens (including phenoxy) is 2. The van der Waals surface area contributed by atoms with Crippen molar-refractivity contribution < 1.29 is 18.8 Å². The zero-order chi connectivity index (χ0) is 14.7. The van der Waals surface area contributed by atoms with Gasteiger partial charge >= 0.3 is 5.69 Å². The number of nitro groups is 1. The Labute approximate surface area is 122 Å². The third-order valence-corrected chi connectivity index (χ3v) is 3.00. The van der Waals surface area contributed by atoms with E-state index in [9.17, 15) is 14.5 Å². The van der Waals surface area contributed by atoms with Gasteiger partial charge in [-0.05, 0) is 24.3 Å². The molecule has 20 heavy (non-hydrogen) atoms. The van der Waals surface area contributed by atoms with E-state index in [2.05, 4.69) is 15.9 Å². The van der Waals surface area contributed by atoms with Crippen molar-refractivity contribution in [3.63, 3.8) is 0 Å². The van der Waals surface area contributed by atoms with E-state index in [4.69, 9.17) is 9.47 Å². The molecule has 7 heteroatoms. The molecule has 2 aromatic rings. The molecule has 0 aliphatic carbocycles. The van der Waals surface area contributed by atoms with E-state index in [1.807, 2.05) is 0 Å². The van der Waals surface area contributed by atoms with Crippen LogP contribution in [0.4, 0.5) is 10.1 Å². The molecule has 0 aliphatic heterocycles. The highest BCUT2D eigenvalue weighted by Crippen LogP contribution is 2.35. The van der Waals surface area contributed by atoms with Gasteiger partial charge < -0.3 is 9.47 Å². The molecular weight excluding hydrogens is 333 g/mol. The predicted octanol–water partition coefficient (Wildman–Crippen LogP) is 4.30.